The van der Waals surface area contributed by atoms with Gasteiger partial charge >= 0.3 is 0 Å². The van der Waals surface area contributed by atoms with Gasteiger partial charge in [0.05, 0.1) is 24.3 Å². The van der Waals surface area contributed by atoms with Gasteiger partial charge in [-0.15, -0.1) is 11.3 Å². The molecule has 0 spiro atoms. The first kappa shape index (κ1) is 20.6. The summed E-state index contributed by atoms with van der Waals surface area (Å²) in [7, 11) is 0. The average Bonchev–Trinajstić information content (AvgIpc) is 3.18. The molecule has 0 aliphatic carbocycles. The summed E-state index contributed by atoms with van der Waals surface area (Å²) in [6, 6.07) is 15.6. The molecule has 0 bridgehead atoms. The molecule has 5 nitrogen and oxygen atoms in total. The molecule has 1 aromatic heterocycles. The molecule has 0 radical (unpaired) electrons. The van der Waals surface area contributed by atoms with Gasteiger partial charge < -0.3 is 4.74 Å². The Hall–Kier alpha value is -2.16. The predicted octanol–water partition coefficient (Wildman–Crippen LogP) is 5.21. The third-order valence-electron chi connectivity index (χ3n) is 3.54. The molecule has 0 aliphatic rings. The Balaban J connectivity index is 1.52. The minimum absolute atomic E-state index is 0.189. The number of hydrazone groups is 1. The highest BCUT2D eigenvalue weighted by Gasteiger charge is 2.08. The fourth-order valence-electron chi connectivity index (χ4n) is 2.31. The van der Waals surface area contributed by atoms with E-state index in [1.807, 2.05) is 60.8 Å². The van der Waals surface area contributed by atoms with Crippen molar-refractivity contribution in [3.05, 3.63) is 63.9 Å². The number of thiazole rings is 1. The van der Waals surface area contributed by atoms with Gasteiger partial charge in [0.25, 0.3) is 5.91 Å². The zero-order valence-corrected chi connectivity index (χ0v) is 18.3. The predicted molar refractivity (Wildman–Crippen MR) is 119 cm³/mol. The number of nitrogens with one attached hydrogen (secondary N) is 1. The van der Waals surface area contributed by atoms with Crippen LogP contribution in [0, 0.1) is 0 Å². The summed E-state index contributed by atoms with van der Waals surface area (Å²) in [5.41, 5.74) is 5.32. The van der Waals surface area contributed by atoms with Crippen molar-refractivity contribution in [2.24, 2.45) is 5.10 Å². The molecule has 0 atom stereocenters. The number of carbonyl (C=O) groups excluding carboxylic acids is 1. The Morgan fingerprint density at radius 2 is 2.14 bits per heavy atom. The molecule has 0 fully saturated rings. The fraction of sp³-hybridized carbons (Fsp3) is 0.150. The first-order chi connectivity index (χ1) is 13.7. The lowest BCUT2D eigenvalue weighted by Gasteiger charge is -2.07. The number of ether oxygens (including phenoxy) is 1. The Morgan fingerprint density at radius 1 is 1.32 bits per heavy atom. The maximum atomic E-state index is 12.1. The SMILES string of the molecule is CCOc1ccc(Br)cc1/C=N/NC(=O)CSc1nc(-c2ccccc2)cs1. The molecule has 2 aromatic carbocycles. The van der Waals surface area contributed by atoms with Crippen molar-refractivity contribution in [3.8, 4) is 17.0 Å². The molecule has 0 saturated heterocycles. The minimum atomic E-state index is -0.189. The van der Waals surface area contributed by atoms with E-state index in [-0.39, 0.29) is 11.7 Å². The number of aromatic nitrogens is 1. The van der Waals surface area contributed by atoms with Crippen LogP contribution in [0.5, 0.6) is 5.75 Å². The van der Waals surface area contributed by atoms with Gasteiger partial charge in [0.1, 0.15) is 5.75 Å². The van der Waals surface area contributed by atoms with E-state index in [2.05, 4.69) is 31.4 Å². The molecule has 0 unspecified atom stereocenters. The molecule has 3 rings (SSSR count). The lowest BCUT2D eigenvalue weighted by molar-refractivity contribution is -0.118. The number of rotatable bonds is 8. The van der Waals surface area contributed by atoms with Gasteiger partial charge in [-0.3, -0.25) is 4.79 Å². The largest absolute Gasteiger partial charge is 0.493 e. The monoisotopic (exact) mass is 475 g/mol. The van der Waals surface area contributed by atoms with Crippen molar-refractivity contribution < 1.29 is 9.53 Å². The number of hydrogen-bond acceptors (Lipinski definition) is 6. The number of amides is 1. The van der Waals surface area contributed by atoms with Crippen LogP contribution in [0.1, 0.15) is 12.5 Å². The second-order valence-corrected chi connectivity index (χ2v) is 8.56. The number of benzene rings is 2. The zero-order chi connectivity index (χ0) is 19.8. The highest BCUT2D eigenvalue weighted by Crippen LogP contribution is 2.28. The quantitative estimate of drug-likeness (QED) is 0.275. The van der Waals surface area contributed by atoms with Crippen LogP contribution in [0.4, 0.5) is 0 Å². The first-order valence-corrected chi connectivity index (χ1v) is 11.2. The summed E-state index contributed by atoms with van der Waals surface area (Å²) < 4.78 is 7.32. The maximum Gasteiger partial charge on any atom is 0.250 e. The standard InChI is InChI=1S/C20H18BrN3O2S2/c1-2-26-18-9-8-16(21)10-15(18)11-22-24-19(25)13-28-20-23-17(12-27-20)14-6-4-3-5-7-14/h3-12H,2,13H2,1H3,(H,24,25)/b22-11+. The third kappa shape index (κ3) is 5.92. The molecule has 1 heterocycles. The van der Waals surface area contributed by atoms with Gasteiger partial charge in [0, 0.05) is 21.0 Å². The molecule has 144 valence electrons. The third-order valence-corrected chi connectivity index (χ3v) is 6.06. The fourth-order valence-corrected chi connectivity index (χ4v) is 4.31. The lowest BCUT2D eigenvalue weighted by atomic mass is 10.2. The van der Waals surface area contributed by atoms with Crippen LogP contribution in [0.25, 0.3) is 11.3 Å². The van der Waals surface area contributed by atoms with Crippen molar-refractivity contribution in [1.82, 2.24) is 10.4 Å². The van der Waals surface area contributed by atoms with Crippen LogP contribution in [0.2, 0.25) is 0 Å². The average molecular weight is 476 g/mol. The second kappa shape index (κ2) is 10.4. The van der Waals surface area contributed by atoms with Crippen LogP contribution in [0.15, 0.2) is 67.8 Å². The van der Waals surface area contributed by atoms with E-state index in [0.717, 1.165) is 25.6 Å². The molecule has 0 saturated carbocycles. The highest BCUT2D eigenvalue weighted by molar-refractivity contribution is 9.10. The Bertz CT molecular complexity index is 961. The van der Waals surface area contributed by atoms with Crippen molar-refractivity contribution in [2.75, 3.05) is 12.4 Å². The van der Waals surface area contributed by atoms with Crippen molar-refractivity contribution in [3.63, 3.8) is 0 Å². The van der Waals surface area contributed by atoms with E-state index in [1.165, 1.54) is 23.1 Å². The molecule has 1 N–H and O–H groups in total. The Kier molecular flexibility index (Phi) is 7.64. The summed E-state index contributed by atoms with van der Waals surface area (Å²) in [4.78, 5) is 16.6. The van der Waals surface area contributed by atoms with Crippen molar-refractivity contribution in [1.29, 1.82) is 0 Å². The molecule has 0 aliphatic heterocycles. The maximum absolute atomic E-state index is 12.1. The normalized spacial score (nSPS) is 10.9. The summed E-state index contributed by atoms with van der Waals surface area (Å²) >= 11 is 6.35. The number of hydrogen-bond donors (Lipinski definition) is 1. The lowest BCUT2D eigenvalue weighted by Crippen LogP contribution is -2.19. The Morgan fingerprint density at radius 3 is 2.93 bits per heavy atom. The van der Waals surface area contributed by atoms with E-state index in [0.29, 0.717) is 12.4 Å². The van der Waals surface area contributed by atoms with Crippen LogP contribution < -0.4 is 10.2 Å². The van der Waals surface area contributed by atoms with Crippen molar-refractivity contribution in [2.45, 2.75) is 11.3 Å². The summed E-state index contributed by atoms with van der Waals surface area (Å²) in [6.07, 6.45) is 1.58. The second-order valence-electron chi connectivity index (χ2n) is 5.56. The minimum Gasteiger partial charge on any atom is -0.493 e. The van der Waals surface area contributed by atoms with Gasteiger partial charge in [0.2, 0.25) is 0 Å². The summed E-state index contributed by atoms with van der Waals surface area (Å²) in [5, 5.41) is 6.03. The Labute approximate surface area is 180 Å². The van der Waals surface area contributed by atoms with Crippen LogP contribution >= 0.6 is 39.0 Å². The zero-order valence-electron chi connectivity index (χ0n) is 15.1. The molecule has 1 amide bonds. The van der Waals surface area contributed by atoms with E-state index in [1.54, 1.807) is 6.21 Å². The van der Waals surface area contributed by atoms with Crippen LogP contribution in [0.3, 0.4) is 0 Å². The molecular formula is C20H18BrN3O2S2. The number of carbonyl (C=O) groups is 1. The van der Waals surface area contributed by atoms with Gasteiger partial charge in [0.15, 0.2) is 4.34 Å². The number of halogens is 1. The van der Waals surface area contributed by atoms with Gasteiger partial charge in [-0.1, -0.05) is 58.0 Å². The van der Waals surface area contributed by atoms with Crippen LogP contribution in [-0.4, -0.2) is 29.5 Å². The van der Waals surface area contributed by atoms with Gasteiger partial charge in [-0.2, -0.15) is 5.10 Å². The summed E-state index contributed by atoms with van der Waals surface area (Å²) in [5.74, 6) is 0.774. The molecule has 8 heteroatoms. The van der Waals surface area contributed by atoms with Crippen molar-refractivity contribution >= 4 is 51.2 Å². The summed E-state index contributed by atoms with van der Waals surface area (Å²) in [6.45, 7) is 2.48. The number of nitrogens with zero attached hydrogens (tertiary/aromatic N) is 2. The van der Waals surface area contributed by atoms with E-state index >= 15 is 0 Å². The molecule has 3 aromatic rings. The van der Waals surface area contributed by atoms with E-state index in [4.69, 9.17) is 4.74 Å². The van der Waals surface area contributed by atoms with E-state index in [9.17, 15) is 4.79 Å². The van der Waals surface area contributed by atoms with Crippen LogP contribution in [-0.2, 0) is 4.79 Å². The smallest absolute Gasteiger partial charge is 0.250 e. The van der Waals surface area contributed by atoms with E-state index < -0.39 is 0 Å². The first-order valence-electron chi connectivity index (χ1n) is 8.53. The van der Waals surface area contributed by atoms with Gasteiger partial charge in [-0.25, -0.2) is 10.4 Å². The highest BCUT2D eigenvalue weighted by atomic mass is 79.9. The van der Waals surface area contributed by atoms with Gasteiger partial charge in [-0.05, 0) is 25.1 Å². The topological polar surface area (TPSA) is 63.6 Å². The molecular weight excluding hydrogens is 458 g/mol. The number of thioether (sulfide) groups is 1. The molecule has 28 heavy (non-hydrogen) atoms.